The predicted molar refractivity (Wildman–Crippen MR) is 520 cm³/mol. The zero-order valence-electron chi connectivity index (χ0n) is 83.1. The third-order valence-electron chi connectivity index (χ3n) is 34.0. The first kappa shape index (κ1) is 97.8. The van der Waals surface area contributed by atoms with Crippen molar-refractivity contribution in [2.45, 2.75) is 236 Å². The average Bonchev–Trinajstić information content (AvgIpc) is 1.53. The number of alkyl halides is 1. The Bertz CT molecular complexity index is 7680. The molecule has 0 radical (unpaired) electrons. The lowest BCUT2D eigenvalue weighted by molar-refractivity contribution is -0.119. The molecule has 0 aliphatic heterocycles. The molecule has 756 valence electrons. The van der Waals surface area contributed by atoms with Crippen molar-refractivity contribution in [1.82, 2.24) is 106 Å². The lowest BCUT2D eigenvalue weighted by Crippen LogP contribution is -2.38. The van der Waals surface area contributed by atoms with Gasteiger partial charge in [-0.3, -0.25) is 24.7 Å². The third-order valence-corrected chi connectivity index (χ3v) is 34.0. The zero-order chi connectivity index (χ0) is 104. The molecule has 5 saturated carbocycles. The van der Waals surface area contributed by atoms with Crippen molar-refractivity contribution in [3.63, 3.8) is 0 Å². The van der Waals surface area contributed by atoms with Crippen molar-refractivity contribution in [1.29, 1.82) is 0 Å². The maximum absolute atomic E-state index is 14.5. The fraction of sp³-hybridized carbons (Fsp3) is 0.378. The lowest BCUT2D eigenvalue weighted by Gasteiger charge is -2.37. The SMILES string of the molecule is CC(=O)NCc1coc(-c2cncc([C@@]34CC[C@@H](c5cc(-c6c(F)cccc6F)nnc53)C4(C)C)n2)n1.CC(F)[C@@H](O)c1coc(-c2cncc([C@@]34CC[C@@H](c5cc(-c6c(F)cccc6F)nnc53)C4(C)C)n2)n1.CC[C@@](C)(O)c1coc(-c2cncc([C@@]34CC[C@@H](c5cc(-c6c(F)cccc6F)nnc53)C4(C)C)n2)n1.C[C@H](c1coc(-c2cncc([C@@]34CC[C@@H](c5cc(-c6c(F)cccc6F)nnc53)C4(C)C)n2)n1)C1CC1. The summed E-state index contributed by atoms with van der Waals surface area (Å²) < 4.78 is 152. The van der Waals surface area contributed by atoms with Crippen LogP contribution >= 0.6 is 0 Å². The molecule has 12 heterocycles. The molecule has 0 saturated heterocycles. The molecule has 1 amide bonds. The number of amides is 1. The summed E-state index contributed by atoms with van der Waals surface area (Å²) in [6.07, 6.45) is 25.9. The minimum absolute atomic E-state index is 0.0709. The number of nitrogens with one attached hydrogen (secondary N) is 1. The van der Waals surface area contributed by atoms with Gasteiger partial charge in [0.05, 0.1) is 155 Å². The molecule has 9 aliphatic rings. The quantitative estimate of drug-likeness (QED) is 0.0597. The van der Waals surface area contributed by atoms with Gasteiger partial charge in [-0.05, 0) is 231 Å². The van der Waals surface area contributed by atoms with E-state index >= 15 is 0 Å². The Morgan fingerprint density at radius 1 is 0.399 bits per heavy atom. The van der Waals surface area contributed by atoms with Crippen molar-refractivity contribution in [2.75, 3.05) is 0 Å². The summed E-state index contributed by atoms with van der Waals surface area (Å²) in [5.74, 6) is -2.86. The maximum Gasteiger partial charge on any atom is 0.247 e. The maximum atomic E-state index is 14.5. The van der Waals surface area contributed by atoms with E-state index in [-0.39, 0.29) is 120 Å². The fourth-order valence-corrected chi connectivity index (χ4v) is 25.5. The number of rotatable bonds is 20. The summed E-state index contributed by atoms with van der Waals surface area (Å²) in [7, 11) is 0. The Kier molecular flexibility index (Phi) is 23.8. The molecule has 25 rings (SSSR count). The zero-order valence-corrected chi connectivity index (χ0v) is 83.1. The Labute approximate surface area is 843 Å². The molecule has 12 atom stereocenters. The van der Waals surface area contributed by atoms with Crippen LogP contribution in [0.1, 0.15) is 287 Å². The van der Waals surface area contributed by atoms with Gasteiger partial charge in [-0.15, -0.1) is 20.4 Å². The van der Waals surface area contributed by atoms with E-state index in [0.29, 0.717) is 69.9 Å². The summed E-state index contributed by atoms with van der Waals surface area (Å²) in [5, 5.41) is 58.6. The Morgan fingerprint density at radius 2 is 0.689 bits per heavy atom. The number of halogens is 9. The molecule has 12 aromatic heterocycles. The number of aliphatic hydroxyl groups is 2. The van der Waals surface area contributed by atoms with Gasteiger partial charge in [0.15, 0.2) is 0 Å². The van der Waals surface area contributed by atoms with E-state index in [1.165, 1.54) is 124 Å². The number of aliphatic hydroxyl groups excluding tert-OH is 1. The highest BCUT2D eigenvalue weighted by molar-refractivity contribution is 5.73. The lowest BCUT2D eigenvalue weighted by atomic mass is 9.66. The third kappa shape index (κ3) is 15.2. The first-order valence-electron chi connectivity index (χ1n) is 49.5. The van der Waals surface area contributed by atoms with Gasteiger partial charge in [0.25, 0.3) is 0 Å². The molecule has 28 nitrogen and oxygen atoms in total. The van der Waals surface area contributed by atoms with Gasteiger partial charge in [0, 0.05) is 37.6 Å². The molecule has 8 bridgehead atoms. The van der Waals surface area contributed by atoms with Crippen molar-refractivity contribution in [3.05, 3.63) is 309 Å². The largest absolute Gasteiger partial charge is 0.443 e. The van der Waals surface area contributed by atoms with Crippen LogP contribution in [0.5, 0.6) is 0 Å². The van der Waals surface area contributed by atoms with Crippen LogP contribution in [0.25, 0.3) is 91.4 Å². The molecule has 16 aromatic rings. The van der Waals surface area contributed by atoms with E-state index < -0.39 is 86.1 Å². The van der Waals surface area contributed by atoms with Gasteiger partial charge >= 0.3 is 0 Å². The van der Waals surface area contributed by atoms with Gasteiger partial charge in [0.1, 0.15) is 124 Å². The van der Waals surface area contributed by atoms with E-state index in [1.807, 2.05) is 13.0 Å². The molecule has 3 N–H and O–H groups in total. The van der Waals surface area contributed by atoms with Crippen molar-refractivity contribution < 1.29 is 72.2 Å². The van der Waals surface area contributed by atoms with Gasteiger partial charge in [-0.2, -0.15) is 20.4 Å². The Hall–Kier alpha value is -14.9. The van der Waals surface area contributed by atoms with E-state index in [1.54, 1.807) is 74.8 Å². The second kappa shape index (κ2) is 36.0. The normalized spacial score (nSPS) is 22.9. The number of aromatic nitrogens is 20. The number of carbonyl (C=O) groups is 1. The van der Waals surface area contributed by atoms with Gasteiger partial charge in [-0.25, -0.2) is 79.4 Å². The standard InChI is InChI=1S/C29H27F2N5O.C28H27F2N5O2.C27H24F3N5O2.C27H24F2N6O2/c1-15(16-7-8-16)23-14-37-27(34-23)22-12-32-13-24(33-22)29-10-9-18(28(29,2)3)17-11-21(35-36-26(17)29)25-19(30)5-4-6-20(25)31;1-5-27(4,36)22-14-37-25(33-22)20-12-31-13-21(32-20)28-10-9-16(26(28,2)3)15-11-19(34-35-24(15)28)23-17(29)7-6-8-18(23)30;1-13(28)23(36)20-12-37-25(33-20)19-10-31-11-21(32-19)27-8-7-15(26(27,2)3)14-9-18(34-35-24(14)27)22-16(29)5-4-6-17(22)30;1-14(36)31-10-15-13-37-25(32-15)21-11-30-12-22(33-21)27-8-7-17(26(27,2)3)16-9-20(34-35-24(16)27)23-18(28)5-4-6-19(23)29/h4-6,11-16,18H,7-10H2,1-3H3;6-8,11-14,16,36H,5,9-10H2,1-4H3;4-6,9-13,15,23,36H,7-8H2,1-3H3;4-6,9,11-13,17H,7-8,10H2,1-3H3,(H,31,36)/t15-,18-,29-;16-,27+,28-;13?,15-,23+,27-;17-,27-/m0000/s1. The van der Waals surface area contributed by atoms with Crippen LogP contribution in [-0.2, 0) is 38.6 Å². The average molecular weight is 2010 g/mol. The van der Waals surface area contributed by atoms with Crippen molar-refractivity contribution in [3.8, 4) is 91.4 Å². The van der Waals surface area contributed by atoms with Crippen LogP contribution < -0.4 is 5.32 Å². The van der Waals surface area contributed by atoms with Crippen LogP contribution in [0.15, 0.2) is 189 Å². The minimum atomic E-state index is -1.51. The van der Waals surface area contributed by atoms with E-state index in [9.17, 15) is 54.5 Å². The molecular formula is C111H102F9N21O7. The monoisotopic (exact) mass is 2010 g/mol. The number of nitrogens with zero attached hydrogens (tertiary/aromatic N) is 20. The van der Waals surface area contributed by atoms with Crippen LogP contribution in [0, 0.1) is 74.1 Å². The Morgan fingerprint density at radius 3 is 0.993 bits per heavy atom. The summed E-state index contributed by atoms with van der Waals surface area (Å²) in [6, 6.07) is 22.2. The fourth-order valence-electron chi connectivity index (χ4n) is 25.5. The molecule has 5 fully saturated rings. The number of fused-ring (bicyclic) bond motifs is 20. The summed E-state index contributed by atoms with van der Waals surface area (Å²) in [4.78, 5) is 66.6. The highest BCUT2D eigenvalue weighted by atomic mass is 19.2. The molecule has 0 spiro atoms. The van der Waals surface area contributed by atoms with Crippen LogP contribution in [0.2, 0.25) is 0 Å². The van der Waals surface area contributed by atoms with Crippen LogP contribution in [-0.4, -0.2) is 123 Å². The minimum Gasteiger partial charge on any atom is -0.443 e. The second-order valence-electron chi connectivity index (χ2n) is 42.7. The van der Waals surface area contributed by atoms with Gasteiger partial charge < -0.3 is 33.2 Å². The number of hydrogen-bond donors (Lipinski definition) is 3. The molecule has 9 aliphatic carbocycles. The van der Waals surface area contributed by atoms with Crippen molar-refractivity contribution >= 4 is 5.91 Å². The number of carbonyl (C=O) groups excluding carboxylic acids is 1. The molecule has 1 unspecified atom stereocenters. The summed E-state index contributed by atoms with van der Waals surface area (Å²) in [6.45, 7) is 26.0. The first-order valence-corrected chi connectivity index (χ1v) is 49.5. The number of hydrogen-bond acceptors (Lipinski definition) is 27. The van der Waals surface area contributed by atoms with E-state index in [2.05, 4.69) is 143 Å². The van der Waals surface area contributed by atoms with Crippen molar-refractivity contribution in [2.24, 2.45) is 27.6 Å². The number of oxazole rings is 4. The van der Waals surface area contributed by atoms with E-state index in [4.69, 9.17) is 42.6 Å². The summed E-state index contributed by atoms with van der Waals surface area (Å²) in [5.41, 5.74) is 9.00. The van der Waals surface area contributed by atoms with Crippen LogP contribution in [0.4, 0.5) is 39.5 Å². The predicted octanol–water partition coefficient (Wildman–Crippen LogP) is 22.4. The topological polar surface area (TPSA) is 380 Å². The molecule has 148 heavy (non-hydrogen) atoms. The number of benzene rings is 4. The van der Waals surface area contributed by atoms with Crippen LogP contribution in [0.3, 0.4) is 0 Å². The second-order valence-corrected chi connectivity index (χ2v) is 42.7. The molecule has 37 heteroatoms. The highest BCUT2D eigenvalue weighted by Crippen LogP contribution is 2.74. The van der Waals surface area contributed by atoms with Gasteiger partial charge in [0.2, 0.25) is 29.5 Å². The molecular weight excluding hydrogens is 1910 g/mol. The van der Waals surface area contributed by atoms with Gasteiger partial charge in [-0.1, -0.05) is 93.5 Å². The smallest absolute Gasteiger partial charge is 0.247 e. The summed E-state index contributed by atoms with van der Waals surface area (Å²) >= 11 is 0. The highest BCUT2D eigenvalue weighted by Gasteiger charge is 2.70. The first-order chi connectivity index (χ1) is 70.8. The van der Waals surface area contributed by atoms with E-state index in [0.717, 1.165) is 119 Å². The molecule has 4 aromatic carbocycles. The Balaban J connectivity index is 0.000000112.